The zero-order valence-electron chi connectivity index (χ0n) is 15.6. The Hall–Kier alpha value is -2.33. The summed E-state index contributed by atoms with van der Waals surface area (Å²) in [6, 6.07) is 19.2. The lowest BCUT2D eigenvalue weighted by molar-refractivity contribution is 0.125. The van der Waals surface area contributed by atoms with E-state index in [9.17, 15) is 4.79 Å². The number of amides is 1. The fraction of sp³-hybridized carbons (Fsp3) is 0.409. The van der Waals surface area contributed by atoms with Gasteiger partial charge in [0, 0.05) is 18.6 Å². The molecule has 0 aromatic heterocycles. The summed E-state index contributed by atoms with van der Waals surface area (Å²) < 4.78 is 5.26. The van der Waals surface area contributed by atoms with Crippen molar-refractivity contribution in [1.82, 2.24) is 10.6 Å². The molecule has 1 amide bonds. The molecular formula is C22H28N2O2. The Morgan fingerprint density at radius 1 is 1.00 bits per heavy atom. The molecule has 0 unspecified atom stereocenters. The third kappa shape index (κ3) is 5.33. The first-order chi connectivity index (χ1) is 12.6. The van der Waals surface area contributed by atoms with Gasteiger partial charge in [0.15, 0.2) is 0 Å². The zero-order valence-corrected chi connectivity index (χ0v) is 15.6. The number of alkyl carbamates (subject to hydrolysis) is 1. The monoisotopic (exact) mass is 352 g/mol. The molecule has 0 atom stereocenters. The van der Waals surface area contributed by atoms with Gasteiger partial charge >= 0.3 is 6.09 Å². The first-order valence-corrected chi connectivity index (χ1v) is 9.39. The van der Waals surface area contributed by atoms with E-state index in [2.05, 4.69) is 48.7 Å². The first kappa shape index (κ1) is 18.5. The predicted molar refractivity (Wildman–Crippen MR) is 104 cm³/mol. The standard InChI is InChI=1S/C22H28N2O2/c1-16(2)19-10-8-17(9-11-19)14-23-20-12-21(13-20)24-22(25)26-15-18-6-4-3-5-7-18/h3-11,16,20-21,23H,12-15H2,1-2H3,(H,24,25). The van der Waals surface area contributed by atoms with Crippen LogP contribution >= 0.6 is 0 Å². The van der Waals surface area contributed by atoms with Gasteiger partial charge in [-0.15, -0.1) is 0 Å². The van der Waals surface area contributed by atoms with Gasteiger partial charge in [0.25, 0.3) is 0 Å². The third-order valence-electron chi connectivity index (χ3n) is 4.91. The molecule has 1 aliphatic carbocycles. The Morgan fingerprint density at radius 3 is 2.35 bits per heavy atom. The molecule has 0 spiro atoms. The maximum Gasteiger partial charge on any atom is 0.407 e. The van der Waals surface area contributed by atoms with E-state index in [4.69, 9.17) is 4.74 Å². The Labute approximate surface area is 156 Å². The van der Waals surface area contributed by atoms with Crippen LogP contribution in [0.4, 0.5) is 4.79 Å². The molecule has 1 saturated carbocycles. The summed E-state index contributed by atoms with van der Waals surface area (Å²) in [5, 5.41) is 6.49. The van der Waals surface area contributed by atoms with E-state index in [1.54, 1.807) is 0 Å². The van der Waals surface area contributed by atoms with Gasteiger partial charge in [0.1, 0.15) is 6.61 Å². The van der Waals surface area contributed by atoms with Gasteiger partial charge in [-0.2, -0.15) is 0 Å². The number of nitrogens with one attached hydrogen (secondary N) is 2. The second-order valence-corrected chi connectivity index (χ2v) is 7.35. The lowest BCUT2D eigenvalue weighted by Crippen LogP contribution is -2.52. The van der Waals surface area contributed by atoms with Gasteiger partial charge in [0.2, 0.25) is 0 Å². The second-order valence-electron chi connectivity index (χ2n) is 7.35. The van der Waals surface area contributed by atoms with E-state index in [0.717, 1.165) is 24.9 Å². The average Bonchev–Trinajstić information content (AvgIpc) is 2.63. The molecule has 0 heterocycles. The van der Waals surface area contributed by atoms with Gasteiger partial charge in [-0.25, -0.2) is 4.79 Å². The van der Waals surface area contributed by atoms with E-state index < -0.39 is 0 Å². The van der Waals surface area contributed by atoms with E-state index in [1.165, 1.54) is 11.1 Å². The molecule has 4 nitrogen and oxygen atoms in total. The number of ether oxygens (including phenoxy) is 1. The topological polar surface area (TPSA) is 50.4 Å². The molecule has 3 rings (SSSR count). The van der Waals surface area contributed by atoms with Gasteiger partial charge in [-0.05, 0) is 35.4 Å². The molecule has 2 aromatic carbocycles. The number of hydrogen-bond donors (Lipinski definition) is 2. The summed E-state index contributed by atoms with van der Waals surface area (Å²) >= 11 is 0. The van der Waals surface area contributed by atoms with Crippen LogP contribution in [0.3, 0.4) is 0 Å². The summed E-state index contributed by atoms with van der Waals surface area (Å²) in [6.07, 6.45) is 1.57. The summed E-state index contributed by atoms with van der Waals surface area (Å²) in [7, 11) is 0. The number of carbonyl (C=O) groups is 1. The molecule has 0 saturated heterocycles. The summed E-state index contributed by atoms with van der Waals surface area (Å²) in [4.78, 5) is 11.8. The highest BCUT2D eigenvalue weighted by Gasteiger charge is 2.30. The minimum atomic E-state index is -0.332. The zero-order chi connectivity index (χ0) is 18.4. The van der Waals surface area contributed by atoms with Crippen molar-refractivity contribution in [2.45, 2.75) is 57.8 Å². The summed E-state index contributed by atoms with van der Waals surface area (Å²) in [6.45, 7) is 5.60. The van der Waals surface area contributed by atoms with Gasteiger partial charge in [-0.1, -0.05) is 68.4 Å². The average molecular weight is 352 g/mol. The van der Waals surface area contributed by atoms with E-state index in [0.29, 0.717) is 18.6 Å². The lowest BCUT2D eigenvalue weighted by Gasteiger charge is -2.36. The normalized spacial score (nSPS) is 19.0. The van der Waals surface area contributed by atoms with Crippen molar-refractivity contribution in [2.24, 2.45) is 0 Å². The van der Waals surface area contributed by atoms with Crippen molar-refractivity contribution in [2.75, 3.05) is 0 Å². The number of benzene rings is 2. The van der Waals surface area contributed by atoms with Crippen LogP contribution in [0.1, 0.15) is 49.3 Å². The van der Waals surface area contributed by atoms with Crippen LogP contribution in [0.25, 0.3) is 0 Å². The van der Waals surface area contributed by atoms with Crippen molar-refractivity contribution in [3.8, 4) is 0 Å². The molecule has 138 valence electrons. The van der Waals surface area contributed by atoms with E-state index >= 15 is 0 Å². The van der Waals surface area contributed by atoms with Crippen LogP contribution in [-0.4, -0.2) is 18.2 Å². The molecule has 2 N–H and O–H groups in total. The molecule has 1 fully saturated rings. The Kier molecular flexibility index (Phi) is 6.29. The minimum absolute atomic E-state index is 0.207. The molecule has 1 aliphatic rings. The highest BCUT2D eigenvalue weighted by molar-refractivity contribution is 5.67. The molecule has 0 bridgehead atoms. The van der Waals surface area contributed by atoms with Crippen LogP contribution in [-0.2, 0) is 17.9 Å². The predicted octanol–water partition coefficient (Wildman–Crippen LogP) is 4.36. The molecule has 2 aromatic rings. The summed E-state index contributed by atoms with van der Waals surface area (Å²) in [5.74, 6) is 0.567. The number of hydrogen-bond acceptors (Lipinski definition) is 3. The van der Waals surface area contributed by atoms with E-state index in [1.807, 2.05) is 30.3 Å². The fourth-order valence-electron chi connectivity index (χ4n) is 3.12. The van der Waals surface area contributed by atoms with Crippen molar-refractivity contribution in [3.63, 3.8) is 0 Å². The van der Waals surface area contributed by atoms with E-state index in [-0.39, 0.29) is 12.1 Å². The maximum absolute atomic E-state index is 11.8. The highest BCUT2D eigenvalue weighted by atomic mass is 16.5. The fourth-order valence-corrected chi connectivity index (χ4v) is 3.12. The quantitative estimate of drug-likeness (QED) is 0.778. The smallest absolute Gasteiger partial charge is 0.407 e. The highest BCUT2D eigenvalue weighted by Crippen LogP contribution is 2.21. The minimum Gasteiger partial charge on any atom is -0.445 e. The Morgan fingerprint density at radius 2 is 1.69 bits per heavy atom. The van der Waals surface area contributed by atoms with Gasteiger partial charge in [-0.3, -0.25) is 0 Å². The van der Waals surface area contributed by atoms with Crippen LogP contribution < -0.4 is 10.6 Å². The number of rotatable bonds is 7. The first-order valence-electron chi connectivity index (χ1n) is 9.39. The molecule has 26 heavy (non-hydrogen) atoms. The van der Waals surface area contributed by atoms with Crippen molar-refractivity contribution in [3.05, 3.63) is 71.3 Å². The van der Waals surface area contributed by atoms with Crippen molar-refractivity contribution >= 4 is 6.09 Å². The largest absolute Gasteiger partial charge is 0.445 e. The molecular weight excluding hydrogens is 324 g/mol. The SMILES string of the molecule is CC(C)c1ccc(CNC2CC(NC(=O)OCc3ccccc3)C2)cc1. The van der Waals surface area contributed by atoms with Crippen LogP contribution in [0.15, 0.2) is 54.6 Å². The molecule has 0 radical (unpaired) electrons. The second kappa shape index (κ2) is 8.86. The van der Waals surface area contributed by atoms with Crippen LogP contribution in [0.2, 0.25) is 0 Å². The third-order valence-corrected chi connectivity index (χ3v) is 4.91. The van der Waals surface area contributed by atoms with Crippen LogP contribution in [0, 0.1) is 0 Å². The van der Waals surface area contributed by atoms with Gasteiger partial charge in [0.05, 0.1) is 0 Å². The Balaban J connectivity index is 1.31. The molecule has 0 aliphatic heterocycles. The number of carbonyl (C=O) groups excluding carboxylic acids is 1. The lowest BCUT2D eigenvalue weighted by atomic mass is 9.86. The Bertz CT molecular complexity index is 692. The maximum atomic E-state index is 11.8. The van der Waals surface area contributed by atoms with Gasteiger partial charge < -0.3 is 15.4 Å². The van der Waals surface area contributed by atoms with Crippen molar-refractivity contribution in [1.29, 1.82) is 0 Å². The van der Waals surface area contributed by atoms with Crippen molar-refractivity contribution < 1.29 is 9.53 Å². The van der Waals surface area contributed by atoms with Crippen LogP contribution in [0.5, 0.6) is 0 Å². The molecule has 4 heteroatoms. The summed E-state index contributed by atoms with van der Waals surface area (Å²) in [5.41, 5.74) is 3.67.